The maximum Gasteiger partial charge on any atom is 0.240 e. The van der Waals surface area contributed by atoms with Gasteiger partial charge in [-0.25, -0.2) is 13.1 Å². The normalized spacial score (nSPS) is 20.3. The Morgan fingerprint density at radius 2 is 1.93 bits per heavy atom. The third kappa shape index (κ3) is 4.21. The van der Waals surface area contributed by atoms with Crippen molar-refractivity contribution in [1.29, 1.82) is 0 Å². The third-order valence-electron chi connectivity index (χ3n) is 5.13. The summed E-state index contributed by atoms with van der Waals surface area (Å²) in [6.07, 6.45) is 1.76. The second kappa shape index (κ2) is 7.42. The van der Waals surface area contributed by atoms with Gasteiger partial charge in [-0.3, -0.25) is 9.69 Å². The number of fused-ring (bicyclic) bond motifs is 1. The minimum Gasteiger partial charge on any atom is -0.326 e. The number of aryl methyl sites for hydroxylation is 1. The molecule has 1 fully saturated rings. The van der Waals surface area contributed by atoms with E-state index in [0.717, 1.165) is 25.1 Å². The molecule has 1 atom stereocenters. The van der Waals surface area contributed by atoms with Crippen molar-refractivity contribution >= 4 is 21.6 Å². The van der Waals surface area contributed by atoms with Gasteiger partial charge in [0.2, 0.25) is 15.9 Å². The largest absolute Gasteiger partial charge is 0.326 e. The first kappa shape index (κ1) is 18.2. The van der Waals surface area contributed by atoms with Gasteiger partial charge in [0.15, 0.2) is 0 Å². The zero-order valence-corrected chi connectivity index (χ0v) is 15.8. The predicted octanol–water partition coefficient (Wildman–Crippen LogP) is 2.12. The van der Waals surface area contributed by atoms with Gasteiger partial charge in [-0.15, -0.1) is 0 Å². The Balaban J connectivity index is 1.41. The van der Waals surface area contributed by atoms with Crippen LogP contribution in [0.4, 0.5) is 5.69 Å². The summed E-state index contributed by atoms with van der Waals surface area (Å²) in [5.41, 5.74) is 2.81. The fourth-order valence-corrected chi connectivity index (χ4v) is 5.04. The molecule has 142 valence electrons. The fraction of sp³-hybridized carbons (Fsp3) is 0.350. The van der Waals surface area contributed by atoms with Crippen LogP contribution in [0, 0.1) is 0 Å². The van der Waals surface area contributed by atoms with Gasteiger partial charge in [-0.2, -0.15) is 0 Å². The molecule has 0 saturated carbocycles. The molecule has 2 aromatic carbocycles. The average molecular weight is 385 g/mol. The van der Waals surface area contributed by atoms with E-state index < -0.39 is 10.0 Å². The molecule has 2 aliphatic heterocycles. The van der Waals surface area contributed by atoms with Gasteiger partial charge >= 0.3 is 0 Å². The number of sulfonamides is 1. The number of amides is 1. The van der Waals surface area contributed by atoms with Crippen molar-refractivity contribution in [1.82, 2.24) is 9.62 Å². The first-order valence-corrected chi connectivity index (χ1v) is 10.7. The summed E-state index contributed by atoms with van der Waals surface area (Å²) in [6, 6.07) is 15.0. The maximum absolute atomic E-state index is 12.8. The van der Waals surface area contributed by atoms with Crippen LogP contribution in [-0.2, 0) is 27.8 Å². The van der Waals surface area contributed by atoms with E-state index in [4.69, 9.17) is 0 Å². The van der Waals surface area contributed by atoms with Gasteiger partial charge in [0.1, 0.15) is 0 Å². The summed E-state index contributed by atoms with van der Waals surface area (Å²) >= 11 is 0. The third-order valence-corrected chi connectivity index (χ3v) is 6.64. The number of likely N-dealkylation sites (tertiary alicyclic amines) is 1. The van der Waals surface area contributed by atoms with E-state index in [1.54, 1.807) is 18.2 Å². The molecule has 6 nitrogen and oxygen atoms in total. The molecule has 4 rings (SSSR count). The Bertz CT molecular complexity index is 944. The van der Waals surface area contributed by atoms with Crippen molar-refractivity contribution in [2.75, 3.05) is 18.4 Å². The highest BCUT2D eigenvalue weighted by molar-refractivity contribution is 7.89. The maximum atomic E-state index is 12.8. The molecular formula is C20H23N3O3S. The van der Waals surface area contributed by atoms with Crippen molar-refractivity contribution in [3.63, 3.8) is 0 Å². The molecule has 0 spiro atoms. The number of nitrogens with one attached hydrogen (secondary N) is 2. The monoisotopic (exact) mass is 385 g/mol. The molecule has 0 aromatic heterocycles. The van der Waals surface area contributed by atoms with E-state index in [1.165, 1.54) is 5.56 Å². The van der Waals surface area contributed by atoms with Crippen LogP contribution in [-0.4, -0.2) is 38.4 Å². The summed E-state index contributed by atoms with van der Waals surface area (Å²) in [4.78, 5) is 14.0. The van der Waals surface area contributed by atoms with Crippen LogP contribution in [0.15, 0.2) is 53.4 Å². The Labute approximate surface area is 159 Å². The van der Waals surface area contributed by atoms with E-state index in [0.29, 0.717) is 25.1 Å². The topological polar surface area (TPSA) is 78.5 Å². The van der Waals surface area contributed by atoms with E-state index in [-0.39, 0.29) is 16.8 Å². The molecular weight excluding hydrogens is 362 g/mol. The van der Waals surface area contributed by atoms with Crippen molar-refractivity contribution in [2.24, 2.45) is 0 Å². The minimum absolute atomic E-state index is 0.0271. The lowest BCUT2D eigenvalue weighted by molar-refractivity contribution is -0.116. The Hall–Kier alpha value is -2.22. The standard InChI is InChI=1S/C20H23N3O3S/c24-20-9-6-16-12-18(7-8-19(16)21-20)27(25,26)22-17-10-11-23(14-17)13-15-4-2-1-3-5-15/h1-5,7-8,12,17,22H,6,9-11,13-14H2,(H,21,24)/t17-/m1/s1. The lowest BCUT2D eigenvalue weighted by Gasteiger charge is -2.19. The molecule has 1 amide bonds. The number of carbonyl (C=O) groups excluding carboxylic acids is 1. The molecule has 2 N–H and O–H groups in total. The average Bonchev–Trinajstić information content (AvgIpc) is 3.08. The SMILES string of the molecule is O=C1CCc2cc(S(=O)(=O)N[C@@H]3CCN(Cc4ccccc4)C3)ccc2N1. The van der Waals surface area contributed by atoms with Crippen LogP contribution in [0.5, 0.6) is 0 Å². The second-order valence-electron chi connectivity index (χ2n) is 7.19. The summed E-state index contributed by atoms with van der Waals surface area (Å²) in [5.74, 6) is -0.0271. The summed E-state index contributed by atoms with van der Waals surface area (Å²) < 4.78 is 28.4. The number of anilines is 1. The van der Waals surface area contributed by atoms with Crippen molar-refractivity contribution < 1.29 is 13.2 Å². The molecule has 0 bridgehead atoms. The predicted molar refractivity (Wildman–Crippen MR) is 104 cm³/mol. The van der Waals surface area contributed by atoms with Gasteiger partial charge < -0.3 is 5.32 Å². The lowest BCUT2D eigenvalue weighted by Crippen LogP contribution is -2.37. The zero-order chi connectivity index (χ0) is 18.9. The van der Waals surface area contributed by atoms with Gasteiger partial charge in [0.05, 0.1) is 4.90 Å². The zero-order valence-electron chi connectivity index (χ0n) is 15.0. The van der Waals surface area contributed by atoms with Gasteiger partial charge in [-0.1, -0.05) is 30.3 Å². The smallest absolute Gasteiger partial charge is 0.240 e. The highest BCUT2D eigenvalue weighted by atomic mass is 32.2. The molecule has 2 aliphatic rings. The van der Waals surface area contributed by atoms with E-state index in [1.807, 2.05) is 18.2 Å². The molecule has 7 heteroatoms. The summed E-state index contributed by atoms with van der Waals surface area (Å²) in [5, 5.41) is 2.78. The van der Waals surface area contributed by atoms with Crippen molar-refractivity contribution in [3.8, 4) is 0 Å². The summed E-state index contributed by atoms with van der Waals surface area (Å²) in [7, 11) is -3.58. The highest BCUT2D eigenvalue weighted by Crippen LogP contribution is 2.26. The number of benzene rings is 2. The molecule has 1 saturated heterocycles. The first-order valence-electron chi connectivity index (χ1n) is 9.21. The van der Waals surface area contributed by atoms with E-state index in [9.17, 15) is 13.2 Å². The van der Waals surface area contributed by atoms with Crippen LogP contribution in [0.3, 0.4) is 0 Å². The molecule has 0 unspecified atom stereocenters. The lowest BCUT2D eigenvalue weighted by atomic mass is 10.0. The van der Waals surface area contributed by atoms with Crippen LogP contribution in [0.25, 0.3) is 0 Å². The van der Waals surface area contributed by atoms with Crippen LogP contribution >= 0.6 is 0 Å². The number of hydrogen-bond acceptors (Lipinski definition) is 4. The molecule has 0 aliphatic carbocycles. The van der Waals surface area contributed by atoms with Crippen LogP contribution < -0.4 is 10.0 Å². The van der Waals surface area contributed by atoms with Gasteiger partial charge in [0.25, 0.3) is 0 Å². The molecule has 2 aromatic rings. The second-order valence-corrected chi connectivity index (χ2v) is 8.91. The van der Waals surface area contributed by atoms with Crippen molar-refractivity contribution in [3.05, 3.63) is 59.7 Å². The number of rotatable bonds is 5. The Morgan fingerprint density at radius 1 is 1.11 bits per heavy atom. The van der Waals surface area contributed by atoms with Crippen molar-refractivity contribution in [2.45, 2.75) is 36.7 Å². The van der Waals surface area contributed by atoms with E-state index in [2.05, 4.69) is 27.1 Å². The van der Waals surface area contributed by atoms with Crippen LogP contribution in [0.2, 0.25) is 0 Å². The quantitative estimate of drug-likeness (QED) is 0.826. The molecule has 0 radical (unpaired) electrons. The Kier molecular flexibility index (Phi) is 4.99. The minimum atomic E-state index is -3.58. The molecule has 27 heavy (non-hydrogen) atoms. The summed E-state index contributed by atoms with van der Waals surface area (Å²) in [6.45, 7) is 2.41. The highest BCUT2D eigenvalue weighted by Gasteiger charge is 2.28. The van der Waals surface area contributed by atoms with E-state index >= 15 is 0 Å². The van der Waals surface area contributed by atoms with Gasteiger partial charge in [-0.05, 0) is 42.2 Å². The number of nitrogens with zero attached hydrogens (tertiary/aromatic N) is 1. The van der Waals surface area contributed by atoms with Gasteiger partial charge in [0, 0.05) is 37.8 Å². The first-order chi connectivity index (χ1) is 13.0. The van der Waals surface area contributed by atoms with Crippen LogP contribution in [0.1, 0.15) is 24.0 Å². The fourth-order valence-electron chi connectivity index (χ4n) is 3.73. The molecule has 2 heterocycles. The Morgan fingerprint density at radius 3 is 2.74 bits per heavy atom. The number of carbonyl (C=O) groups is 1. The number of hydrogen-bond donors (Lipinski definition) is 2.